The molecule has 0 aliphatic carbocycles. The predicted octanol–water partition coefficient (Wildman–Crippen LogP) is 3.32. The molecule has 1 amide bonds. The fourth-order valence-corrected chi connectivity index (χ4v) is 3.93. The number of nitrogens with two attached hydrogens (primary N) is 1. The van der Waals surface area contributed by atoms with Crippen molar-refractivity contribution in [3.05, 3.63) is 81.8 Å². The van der Waals surface area contributed by atoms with Gasteiger partial charge in [-0.25, -0.2) is 4.57 Å². The quantitative estimate of drug-likeness (QED) is 0.362. The van der Waals surface area contributed by atoms with Gasteiger partial charge >= 0.3 is 0 Å². The van der Waals surface area contributed by atoms with Crippen LogP contribution in [-0.2, 0) is 6.54 Å². The maximum atomic E-state index is 13.3. The highest BCUT2D eigenvalue weighted by Crippen LogP contribution is 2.18. The third kappa shape index (κ3) is 3.82. The van der Waals surface area contributed by atoms with Crippen molar-refractivity contribution in [1.29, 1.82) is 0 Å². The van der Waals surface area contributed by atoms with E-state index in [1.54, 1.807) is 16.8 Å². The zero-order valence-electron chi connectivity index (χ0n) is 18.6. The van der Waals surface area contributed by atoms with Crippen LogP contribution in [0.4, 0.5) is 5.82 Å². The van der Waals surface area contributed by atoms with Crippen LogP contribution >= 0.6 is 0 Å². The number of benzene rings is 1. The number of rotatable bonds is 6. The molecule has 3 aromatic heterocycles. The first kappa shape index (κ1) is 21.5. The highest BCUT2D eigenvalue weighted by molar-refractivity contribution is 6.00. The molecule has 0 aliphatic heterocycles. The average Bonchev–Trinajstić information content (AvgIpc) is 2.79. The molecule has 1 atom stereocenters. The van der Waals surface area contributed by atoms with Crippen LogP contribution in [0, 0.1) is 6.92 Å². The lowest BCUT2D eigenvalue weighted by molar-refractivity contribution is -0.659. The largest absolute Gasteiger partial charge is 0.345 e. The number of hydrogen-bond donors (Lipinski definition) is 2. The van der Waals surface area contributed by atoms with E-state index in [0.717, 1.165) is 24.0 Å². The molecular weight excluding hydrogens is 402 g/mol. The van der Waals surface area contributed by atoms with Gasteiger partial charge in [0.2, 0.25) is 11.5 Å². The van der Waals surface area contributed by atoms with Gasteiger partial charge in [-0.2, -0.15) is 0 Å². The number of unbranched alkanes of at least 4 members (excludes halogenated alkanes) is 1. The number of nitrogens with zero attached hydrogens (tertiary/aromatic N) is 3. The van der Waals surface area contributed by atoms with Crippen molar-refractivity contribution < 1.29 is 9.36 Å². The molecule has 0 fully saturated rings. The van der Waals surface area contributed by atoms with Crippen LogP contribution in [-0.4, -0.2) is 15.3 Å². The number of aromatic nitrogens is 3. The van der Waals surface area contributed by atoms with E-state index in [4.69, 9.17) is 10.7 Å². The predicted molar refractivity (Wildman–Crippen MR) is 126 cm³/mol. The summed E-state index contributed by atoms with van der Waals surface area (Å²) in [7, 11) is 0. The van der Waals surface area contributed by atoms with E-state index in [1.807, 2.05) is 56.3 Å². The van der Waals surface area contributed by atoms with Crippen molar-refractivity contribution in [2.24, 2.45) is 0 Å². The highest BCUT2D eigenvalue weighted by atomic mass is 16.2. The van der Waals surface area contributed by atoms with Gasteiger partial charge in [-0.3, -0.25) is 14.0 Å². The molecule has 32 heavy (non-hydrogen) atoms. The Kier molecular flexibility index (Phi) is 5.90. The van der Waals surface area contributed by atoms with Crippen molar-refractivity contribution >= 4 is 28.4 Å². The van der Waals surface area contributed by atoms with E-state index < -0.39 is 0 Å². The number of hydrogen-bond acceptors (Lipinski definition) is 4. The van der Waals surface area contributed by atoms with Gasteiger partial charge in [0.15, 0.2) is 0 Å². The van der Waals surface area contributed by atoms with E-state index in [9.17, 15) is 9.59 Å². The Bertz CT molecular complexity index is 1360. The van der Waals surface area contributed by atoms with Crippen LogP contribution in [0.25, 0.3) is 16.7 Å². The van der Waals surface area contributed by atoms with Crippen molar-refractivity contribution in [1.82, 2.24) is 14.7 Å². The minimum atomic E-state index is -0.320. The average molecular weight is 431 g/mol. The maximum absolute atomic E-state index is 13.3. The Morgan fingerprint density at radius 3 is 2.69 bits per heavy atom. The van der Waals surface area contributed by atoms with Gasteiger partial charge in [-0.1, -0.05) is 54.7 Å². The number of aryl methyl sites for hydroxylation is 2. The molecular formula is C25H28N5O2+. The Morgan fingerprint density at radius 1 is 1.22 bits per heavy atom. The third-order valence-electron chi connectivity index (χ3n) is 5.80. The normalized spacial score (nSPS) is 12.2. The van der Waals surface area contributed by atoms with Gasteiger partial charge in [0, 0.05) is 11.8 Å². The number of nitrogen functional groups attached to an aromatic ring is 1. The first-order valence-corrected chi connectivity index (χ1v) is 10.9. The van der Waals surface area contributed by atoms with Crippen molar-refractivity contribution in [3.63, 3.8) is 0 Å². The van der Waals surface area contributed by atoms with Crippen LogP contribution in [0.2, 0.25) is 0 Å². The second kappa shape index (κ2) is 8.78. The van der Waals surface area contributed by atoms with Gasteiger partial charge < -0.3 is 11.1 Å². The molecule has 0 aliphatic rings. The second-order valence-electron chi connectivity index (χ2n) is 8.09. The van der Waals surface area contributed by atoms with Gasteiger partial charge in [-0.15, -0.1) is 0 Å². The molecule has 0 spiro atoms. The summed E-state index contributed by atoms with van der Waals surface area (Å²) in [6.07, 6.45) is 3.49. The molecule has 3 heterocycles. The zero-order valence-corrected chi connectivity index (χ0v) is 18.6. The Morgan fingerprint density at radius 2 is 1.97 bits per heavy atom. The molecule has 0 unspecified atom stereocenters. The maximum Gasteiger partial charge on any atom is 0.278 e. The van der Waals surface area contributed by atoms with Crippen LogP contribution < -0.4 is 21.2 Å². The van der Waals surface area contributed by atoms with Gasteiger partial charge in [0.1, 0.15) is 10.9 Å². The molecule has 7 heteroatoms. The fraction of sp³-hybridized carbons (Fsp3) is 0.280. The summed E-state index contributed by atoms with van der Waals surface area (Å²) in [4.78, 5) is 31.3. The fourth-order valence-electron chi connectivity index (χ4n) is 3.93. The molecule has 0 radical (unpaired) electrons. The Labute approximate surface area is 186 Å². The minimum Gasteiger partial charge on any atom is -0.345 e. The molecule has 0 saturated carbocycles. The third-order valence-corrected chi connectivity index (χ3v) is 5.80. The van der Waals surface area contributed by atoms with E-state index in [-0.39, 0.29) is 23.1 Å². The lowest BCUT2D eigenvalue weighted by Gasteiger charge is -2.16. The molecule has 0 saturated heterocycles. The van der Waals surface area contributed by atoms with Crippen LogP contribution in [0.5, 0.6) is 0 Å². The molecule has 164 valence electrons. The first-order chi connectivity index (χ1) is 15.4. The molecule has 7 nitrogen and oxygen atoms in total. The summed E-state index contributed by atoms with van der Waals surface area (Å²) in [6, 6.07) is 14.8. The number of pyridine rings is 2. The number of anilines is 1. The molecule has 3 N–H and O–H groups in total. The summed E-state index contributed by atoms with van der Waals surface area (Å²) in [5.74, 6) is -0.00622. The lowest BCUT2D eigenvalue weighted by Crippen LogP contribution is -2.43. The summed E-state index contributed by atoms with van der Waals surface area (Å²) in [5, 5.41) is 3.38. The van der Waals surface area contributed by atoms with Crippen molar-refractivity contribution in [3.8, 4) is 0 Å². The number of carbonyl (C=O) groups is 1. The van der Waals surface area contributed by atoms with Gasteiger partial charge in [0.05, 0.1) is 12.6 Å². The van der Waals surface area contributed by atoms with E-state index in [0.29, 0.717) is 29.0 Å². The van der Waals surface area contributed by atoms with E-state index in [2.05, 4.69) is 12.2 Å². The van der Waals surface area contributed by atoms with E-state index in [1.165, 1.54) is 4.40 Å². The minimum absolute atomic E-state index is 0.207. The number of amides is 1. The highest BCUT2D eigenvalue weighted by Gasteiger charge is 2.25. The summed E-state index contributed by atoms with van der Waals surface area (Å²) < 4.78 is 3.32. The Balaban J connectivity index is 1.88. The number of carbonyl (C=O) groups excluding carboxylic acids is 1. The zero-order chi connectivity index (χ0) is 22.8. The van der Waals surface area contributed by atoms with E-state index >= 15 is 0 Å². The van der Waals surface area contributed by atoms with Crippen LogP contribution in [0.1, 0.15) is 54.2 Å². The number of fused-ring (bicyclic) bond motifs is 2. The summed E-state index contributed by atoms with van der Waals surface area (Å²) in [6.45, 7) is 6.49. The standard InChI is InChI=1S/C25H27N5O2/c1-4-5-13-29-21(26)19(24(31)27-17(3)18-11-7-6-8-12-18)15-20-23(29)28-22-16(2)10-9-14-30(22)25(20)32/h6-12,14-15,17,26H,4-5,13H2,1-3H3,(H,27,31)/p+1/t17-/m1/s1. The smallest absolute Gasteiger partial charge is 0.278 e. The molecule has 4 rings (SSSR count). The van der Waals surface area contributed by atoms with Crippen LogP contribution in [0.15, 0.2) is 59.5 Å². The SMILES string of the molecule is CCCC[n+]1c(N)c(C(=O)N[C@H](C)c2ccccc2)cc2c(=O)n3cccc(C)c3nc21. The molecule has 0 bridgehead atoms. The van der Waals surface area contributed by atoms with Gasteiger partial charge in [0.25, 0.3) is 17.1 Å². The lowest BCUT2D eigenvalue weighted by atomic mass is 10.1. The molecule has 1 aromatic carbocycles. The van der Waals surface area contributed by atoms with Crippen molar-refractivity contribution in [2.45, 2.75) is 46.2 Å². The Hall–Kier alpha value is -3.74. The first-order valence-electron chi connectivity index (χ1n) is 10.9. The summed E-state index contributed by atoms with van der Waals surface area (Å²) >= 11 is 0. The molecule has 4 aromatic rings. The van der Waals surface area contributed by atoms with Crippen molar-refractivity contribution in [2.75, 3.05) is 5.73 Å². The summed E-state index contributed by atoms with van der Waals surface area (Å²) in [5.41, 5.74) is 9.53. The van der Waals surface area contributed by atoms with Gasteiger partial charge in [-0.05, 0) is 38.0 Å². The topological polar surface area (TPSA) is 93.4 Å². The monoisotopic (exact) mass is 430 g/mol. The second-order valence-corrected chi connectivity index (χ2v) is 8.09. The van der Waals surface area contributed by atoms with Crippen LogP contribution in [0.3, 0.4) is 0 Å². The number of nitrogens with one attached hydrogen (secondary N) is 1.